The standard InChI is InChI=1S/C15H16N2O2/c1-11-6-3-4-9-15(11)12(2)16-13-7-5-8-14(10-13)17(18)19/h3-10,12,16H,1-2H3. The first-order valence-corrected chi connectivity index (χ1v) is 6.14. The highest BCUT2D eigenvalue weighted by atomic mass is 16.6. The predicted molar refractivity (Wildman–Crippen MR) is 76.3 cm³/mol. The largest absolute Gasteiger partial charge is 0.378 e. The smallest absolute Gasteiger partial charge is 0.271 e. The summed E-state index contributed by atoms with van der Waals surface area (Å²) >= 11 is 0. The minimum atomic E-state index is -0.385. The molecule has 98 valence electrons. The van der Waals surface area contributed by atoms with Gasteiger partial charge in [-0.3, -0.25) is 10.1 Å². The van der Waals surface area contributed by atoms with Crippen LogP contribution in [0.4, 0.5) is 11.4 Å². The van der Waals surface area contributed by atoms with Crippen molar-refractivity contribution in [1.82, 2.24) is 0 Å². The van der Waals surface area contributed by atoms with E-state index in [1.165, 1.54) is 17.2 Å². The van der Waals surface area contributed by atoms with Crippen LogP contribution in [0.5, 0.6) is 0 Å². The SMILES string of the molecule is Cc1ccccc1C(C)Nc1cccc([N+](=O)[O-])c1. The van der Waals surface area contributed by atoms with Gasteiger partial charge >= 0.3 is 0 Å². The summed E-state index contributed by atoms with van der Waals surface area (Å²) in [6.07, 6.45) is 0. The number of nitro benzene ring substituents is 1. The van der Waals surface area contributed by atoms with Crippen LogP contribution in [0.25, 0.3) is 0 Å². The third-order valence-corrected chi connectivity index (χ3v) is 3.10. The lowest BCUT2D eigenvalue weighted by Crippen LogP contribution is -2.08. The van der Waals surface area contributed by atoms with Gasteiger partial charge in [0.15, 0.2) is 0 Å². The van der Waals surface area contributed by atoms with Crippen molar-refractivity contribution in [3.8, 4) is 0 Å². The minimum absolute atomic E-state index is 0.0991. The molecule has 0 aromatic heterocycles. The zero-order valence-corrected chi connectivity index (χ0v) is 11.0. The first kappa shape index (κ1) is 13.1. The van der Waals surface area contributed by atoms with Gasteiger partial charge in [-0.15, -0.1) is 0 Å². The third-order valence-electron chi connectivity index (χ3n) is 3.10. The molecule has 0 bridgehead atoms. The van der Waals surface area contributed by atoms with Crippen molar-refractivity contribution >= 4 is 11.4 Å². The number of benzene rings is 2. The third kappa shape index (κ3) is 3.10. The van der Waals surface area contributed by atoms with Crippen LogP contribution in [0.3, 0.4) is 0 Å². The second-order valence-corrected chi connectivity index (χ2v) is 4.53. The monoisotopic (exact) mass is 256 g/mol. The first-order valence-electron chi connectivity index (χ1n) is 6.14. The molecule has 1 unspecified atom stereocenters. The van der Waals surface area contributed by atoms with E-state index in [-0.39, 0.29) is 16.7 Å². The summed E-state index contributed by atoms with van der Waals surface area (Å²) in [6.45, 7) is 4.10. The second kappa shape index (κ2) is 5.52. The first-order chi connectivity index (χ1) is 9.08. The zero-order chi connectivity index (χ0) is 13.8. The van der Waals surface area contributed by atoms with Gasteiger partial charge in [-0.1, -0.05) is 30.3 Å². The fourth-order valence-electron chi connectivity index (χ4n) is 2.11. The summed E-state index contributed by atoms with van der Waals surface area (Å²) in [5, 5.41) is 14.0. The quantitative estimate of drug-likeness (QED) is 0.662. The van der Waals surface area contributed by atoms with E-state index in [1.807, 2.05) is 25.1 Å². The van der Waals surface area contributed by atoms with Gasteiger partial charge in [-0.05, 0) is 31.0 Å². The van der Waals surface area contributed by atoms with E-state index in [9.17, 15) is 10.1 Å². The number of nitrogens with one attached hydrogen (secondary N) is 1. The van der Waals surface area contributed by atoms with Crippen molar-refractivity contribution in [3.63, 3.8) is 0 Å². The number of nitro groups is 1. The fourth-order valence-corrected chi connectivity index (χ4v) is 2.11. The van der Waals surface area contributed by atoms with Crippen LogP contribution < -0.4 is 5.32 Å². The Morgan fingerprint density at radius 2 is 1.89 bits per heavy atom. The molecule has 4 heteroatoms. The summed E-state index contributed by atoms with van der Waals surface area (Å²) < 4.78 is 0. The average Bonchev–Trinajstić information content (AvgIpc) is 2.39. The maximum Gasteiger partial charge on any atom is 0.271 e. The summed E-state index contributed by atoms with van der Waals surface area (Å²) in [7, 11) is 0. The molecule has 0 spiro atoms. The Morgan fingerprint density at radius 3 is 2.58 bits per heavy atom. The topological polar surface area (TPSA) is 55.2 Å². The van der Waals surface area contributed by atoms with Gasteiger partial charge in [0.25, 0.3) is 5.69 Å². The number of hydrogen-bond acceptors (Lipinski definition) is 3. The van der Waals surface area contributed by atoms with Crippen molar-refractivity contribution in [2.24, 2.45) is 0 Å². The van der Waals surface area contributed by atoms with Crippen molar-refractivity contribution in [3.05, 3.63) is 69.8 Å². The van der Waals surface area contributed by atoms with Crippen LogP contribution in [-0.4, -0.2) is 4.92 Å². The van der Waals surface area contributed by atoms with Crippen LogP contribution in [-0.2, 0) is 0 Å². The van der Waals surface area contributed by atoms with E-state index in [0.29, 0.717) is 0 Å². The number of anilines is 1. The molecule has 0 saturated carbocycles. The molecule has 0 heterocycles. The molecule has 1 atom stereocenters. The lowest BCUT2D eigenvalue weighted by molar-refractivity contribution is -0.384. The molecule has 1 N–H and O–H groups in total. The van der Waals surface area contributed by atoms with E-state index in [0.717, 1.165) is 5.69 Å². The average molecular weight is 256 g/mol. The van der Waals surface area contributed by atoms with Crippen molar-refractivity contribution in [1.29, 1.82) is 0 Å². The fraction of sp³-hybridized carbons (Fsp3) is 0.200. The van der Waals surface area contributed by atoms with E-state index in [4.69, 9.17) is 0 Å². The van der Waals surface area contributed by atoms with Crippen LogP contribution in [0, 0.1) is 17.0 Å². The van der Waals surface area contributed by atoms with Crippen molar-refractivity contribution < 1.29 is 4.92 Å². The zero-order valence-electron chi connectivity index (χ0n) is 11.0. The Labute approximate surface area is 112 Å². The van der Waals surface area contributed by atoms with Gasteiger partial charge in [0.2, 0.25) is 0 Å². The second-order valence-electron chi connectivity index (χ2n) is 4.53. The van der Waals surface area contributed by atoms with Crippen LogP contribution in [0.2, 0.25) is 0 Å². The number of nitrogens with zero attached hydrogens (tertiary/aromatic N) is 1. The number of aryl methyl sites for hydroxylation is 1. The molecule has 0 fully saturated rings. The summed E-state index contributed by atoms with van der Waals surface area (Å²) in [5.74, 6) is 0. The lowest BCUT2D eigenvalue weighted by atomic mass is 10.0. The highest BCUT2D eigenvalue weighted by Gasteiger charge is 2.10. The van der Waals surface area contributed by atoms with Gasteiger partial charge in [0.1, 0.15) is 0 Å². The van der Waals surface area contributed by atoms with Crippen molar-refractivity contribution in [2.75, 3.05) is 5.32 Å². The maximum atomic E-state index is 10.7. The van der Waals surface area contributed by atoms with E-state index in [1.54, 1.807) is 12.1 Å². The Hall–Kier alpha value is -2.36. The van der Waals surface area contributed by atoms with Gasteiger partial charge < -0.3 is 5.32 Å². The van der Waals surface area contributed by atoms with Gasteiger partial charge in [0.05, 0.1) is 4.92 Å². The molecular weight excluding hydrogens is 240 g/mol. The molecule has 0 saturated heterocycles. The maximum absolute atomic E-state index is 10.7. The Balaban J connectivity index is 2.19. The molecule has 0 radical (unpaired) electrons. The Bertz CT molecular complexity index is 596. The summed E-state index contributed by atoms with van der Waals surface area (Å²) in [5.41, 5.74) is 3.24. The number of hydrogen-bond donors (Lipinski definition) is 1. The van der Waals surface area contributed by atoms with Gasteiger partial charge in [-0.25, -0.2) is 0 Å². The highest BCUT2D eigenvalue weighted by Crippen LogP contribution is 2.24. The lowest BCUT2D eigenvalue weighted by Gasteiger charge is -2.17. The van der Waals surface area contributed by atoms with Crippen molar-refractivity contribution in [2.45, 2.75) is 19.9 Å². The normalized spacial score (nSPS) is 11.9. The molecule has 2 rings (SSSR count). The van der Waals surface area contributed by atoms with Crippen LogP contribution >= 0.6 is 0 Å². The molecule has 0 amide bonds. The van der Waals surface area contributed by atoms with E-state index in [2.05, 4.69) is 24.4 Å². The summed E-state index contributed by atoms with van der Waals surface area (Å²) in [4.78, 5) is 10.4. The highest BCUT2D eigenvalue weighted by molar-refractivity contribution is 5.52. The van der Waals surface area contributed by atoms with Gasteiger partial charge in [-0.2, -0.15) is 0 Å². The minimum Gasteiger partial charge on any atom is -0.378 e. The van der Waals surface area contributed by atoms with Gasteiger partial charge in [0, 0.05) is 23.9 Å². The molecule has 2 aromatic carbocycles. The molecule has 0 aliphatic carbocycles. The molecule has 19 heavy (non-hydrogen) atoms. The molecular formula is C15H16N2O2. The summed E-state index contributed by atoms with van der Waals surface area (Å²) in [6, 6.07) is 14.8. The molecule has 0 aliphatic rings. The Kier molecular flexibility index (Phi) is 3.80. The molecule has 2 aromatic rings. The number of rotatable bonds is 4. The molecule has 0 aliphatic heterocycles. The molecule has 4 nitrogen and oxygen atoms in total. The van der Waals surface area contributed by atoms with Crippen LogP contribution in [0.15, 0.2) is 48.5 Å². The Morgan fingerprint density at radius 1 is 1.16 bits per heavy atom. The van der Waals surface area contributed by atoms with Crippen LogP contribution in [0.1, 0.15) is 24.1 Å². The predicted octanol–water partition coefficient (Wildman–Crippen LogP) is 4.08. The number of non-ortho nitro benzene ring substituents is 1. The van der Waals surface area contributed by atoms with E-state index < -0.39 is 0 Å². The van der Waals surface area contributed by atoms with E-state index >= 15 is 0 Å².